The topological polar surface area (TPSA) is 64.6 Å². The van der Waals surface area contributed by atoms with Crippen molar-refractivity contribution in [2.24, 2.45) is 0 Å². The molecule has 0 spiro atoms. The molecule has 2 aliphatic heterocycles. The van der Waals surface area contributed by atoms with Gasteiger partial charge in [-0.1, -0.05) is 6.07 Å². The van der Waals surface area contributed by atoms with Crippen LogP contribution in [-0.2, 0) is 25.7 Å². The maximum Gasteiger partial charge on any atom is 0.416 e. The van der Waals surface area contributed by atoms with Gasteiger partial charge in [-0.3, -0.25) is 9.69 Å². The number of nitrogens with one attached hydrogen (secondary N) is 1. The highest BCUT2D eigenvalue weighted by atomic mass is 19.4. The highest BCUT2D eigenvalue weighted by Crippen LogP contribution is 2.36. The number of amides is 1. The molecule has 3 heterocycles. The largest absolute Gasteiger partial charge is 0.416 e. The summed E-state index contributed by atoms with van der Waals surface area (Å²) in [7, 11) is 2.04. The smallest absolute Gasteiger partial charge is 0.364 e. The molecule has 3 aromatic rings. The molecule has 1 aromatic heterocycles. The molecular weight excluding hydrogens is 493 g/mol. The summed E-state index contributed by atoms with van der Waals surface area (Å²) < 4.78 is 41.8. The average molecular weight is 525 g/mol. The molecule has 1 N–H and O–H groups in total. The third-order valence-electron chi connectivity index (χ3n) is 7.46. The van der Waals surface area contributed by atoms with E-state index in [9.17, 15) is 18.0 Å². The summed E-state index contributed by atoms with van der Waals surface area (Å²) in [5, 5.41) is 2.73. The number of nitrogens with zero attached hydrogens (tertiary/aromatic N) is 5. The van der Waals surface area contributed by atoms with Crippen LogP contribution < -0.4 is 10.2 Å². The number of carbonyl (C=O) groups excluding carboxylic acids is 1. The molecule has 0 radical (unpaired) electrons. The van der Waals surface area contributed by atoms with E-state index in [-0.39, 0.29) is 11.3 Å². The minimum Gasteiger partial charge on any atom is -0.364 e. The minimum atomic E-state index is -4.52. The van der Waals surface area contributed by atoms with Gasteiger partial charge < -0.3 is 15.1 Å². The molecular formula is C28H31F3N6O. The van der Waals surface area contributed by atoms with Crippen molar-refractivity contribution >= 4 is 17.3 Å². The zero-order valence-corrected chi connectivity index (χ0v) is 21.6. The molecule has 1 fully saturated rings. The van der Waals surface area contributed by atoms with Crippen molar-refractivity contribution in [3.63, 3.8) is 0 Å². The summed E-state index contributed by atoms with van der Waals surface area (Å²) in [6.07, 6.45) is 1.29. The Labute approximate surface area is 220 Å². The van der Waals surface area contributed by atoms with Crippen molar-refractivity contribution in [1.82, 2.24) is 19.8 Å². The van der Waals surface area contributed by atoms with Crippen molar-refractivity contribution < 1.29 is 18.0 Å². The van der Waals surface area contributed by atoms with E-state index in [0.29, 0.717) is 24.2 Å². The highest BCUT2D eigenvalue weighted by Gasteiger charge is 2.34. The number of aromatic nitrogens is 2. The molecule has 0 aliphatic carbocycles. The number of fused-ring (bicyclic) bond motifs is 1. The first-order chi connectivity index (χ1) is 18.2. The molecule has 1 saturated heterocycles. The summed E-state index contributed by atoms with van der Waals surface area (Å²) in [6.45, 7) is 6.64. The number of halogens is 3. The van der Waals surface area contributed by atoms with Crippen molar-refractivity contribution in [3.8, 4) is 0 Å². The number of likely N-dealkylation sites (N-methyl/N-ethyl adjacent to an activating group) is 1. The molecule has 200 valence electrons. The fourth-order valence-corrected chi connectivity index (χ4v) is 5.13. The van der Waals surface area contributed by atoms with Gasteiger partial charge in [-0.2, -0.15) is 13.2 Å². The van der Waals surface area contributed by atoms with Crippen LogP contribution in [-0.4, -0.2) is 65.4 Å². The van der Waals surface area contributed by atoms with E-state index in [1.807, 2.05) is 19.2 Å². The summed E-state index contributed by atoms with van der Waals surface area (Å²) in [4.78, 5) is 27.9. The Hall–Kier alpha value is -3.50. The van der Waals surface area contributed by atoms with Crippen LogP contribution in [0.3, 0.4) is 0 Å². The average Bonchev–Trinajstić information content (AvgIpc) is 2.91. The van der Waals surface area contributed by atoms with Crippen molar-refractivity contribution in [3.05, 3.63) is 82.4 Å². The molecule has 7 nitrogen and oxygen atoms in total. The fraction of sp³-hybridized carbons (Fsp3) is 0.393. The van der Waals surface area contributed by atoms with Crippen LogP contribution in [0.2, 0.25) is 0 Å². The lowest BCUT2D eigenvalue weighted by Gasteiger charge is -2.33. The fourth-order valence-electron chi connectivity index (χ4n) is 5.13. The van der Waals surface area contributed by atoms with Gasteiger partial charge in [0, 0.05) is 57.1 Å². The van der Waals surface area contributed by atoms with Gasteiger partial charge in [0.05, 0.1) is 23.6 Å². The molecule has 1 amide bonds. The quantitative estimate of drug-likeness (QED) is 0.535. The summed E-state index contributed by atoms with van der Waals surface area (Å²) in [5.74, 6) is -0.435. The predicted molar refractivity (Wildman–Crippen MR) is 140 cm³/mol. The van der Waals surface area contributed by atoms with Gasteiger partial charge in [0.25, 0.3) is 5.91 Å². The number of hydrogen-bond donors (Lipinski definition) is 1. The van der Waals surface area contributed by atoms with Crippen molar-refractivity contribution in [2.45, 2.75) is 32.6 Å². The van der Waals surface area contributed by atoms with Gasteiger partial charge in [0.15, 0.2) is 0 Å². The molecule has 0 saturated carbocycles. The van der Waals surface area contributed by atoms with Crippen LogP contribution in [0.1, 0.15) is 38.2 Å². The van der Waals surface area contributed by atoms with Crippen LogP contribution in [0.15, 0.2) is 49.1 Å². The first-order valence-electron chi connectivity index (χ1n) is 12.7. The zero-order chi connectivity index (χ0) is 26.9. The van der Waals surface area contributed by atoms with E-state index >= 15 is 0 Å². The lowest BCUT2D eigenvalue weighted by Crippen LogP contribution is -2.44. The van der Waals surface area contributed by atoms with Gasteiger partial charge >= 0.3 is 6.18 Å². The number of anilines is 2. The number of piperazine rings is 1. The van der Waals surface area contributed by atoms with E-state index in [1.165, 1.54) is 13.3 Å². The summed E-state index contributed by atoms with van der Waals surface area (Å²) in [5.41, 5.74) is 3.68. The van der Waals surface area contributed by atoms with Gasteiger partial charge in [-0.15, -0.1) is 0 Å². The third-order valence-corrected chi connectivity index (χ3v) is 7.46. The van der Waals surface area contributed by atoms with E-state index < -0.39 is 17.6 Å². The maximum absolute atomic E-state index is 13.9. The minimum absolute atomic E-state index is 0.151. The second-order valence-electron chi connectivity index (χ2n) is 10.1. The number of rotatable bonds is 5. The lowest BCUT2D eigenvalue weighted by molar-refractivity contribution is -0.138. The maximum atomic E-state index is 13.9. The van der Waals surface area contributed by atoms with Gasteiger partial charge in [-0.25, -0.2) is 9.97 Å². The first kappa shape index (κ1) is 26.1. The van der Waals surface area contributed by atoms with E-state index in [1.54, 1.807) is 24.5 Å². The molecule has 5 rings (SSSR count). The molecule has 2 aromatic carbocycles. The normalized spacial score (nSPS) is 16.8. The Kier molecular flexibility index (Phi) is 7.36. The van der Waals surface area contributed by atoms with Gasteiger partial charge in [-0.05, 0) is 66.9 Å². The van der Waals surface area contributed by atoms with Crippen LogP contribution >= 0.6 is 0 Å². The number of benzene rings is 2. The third kappa shape index (κ3) is 5.81. The number of hydrogen-bond acceptors (Lipinski definition) is 6. The van der Waals surface area contributed by atoms with Gasteiger partial charge in [0.1, 0.15) is 6.33 Å². The molecule has 2 aliphatic rings. The van der Waals surface area contributed by atoms with Crippen LogP contribution in [0.5, 0.6) is 0 Å². The van der Waals surface area contributed by atoms with E-state index in [0.717, 1.165) is 62.0 Å². The predicted octanol–water partition coefficient (Wildman–Crippen LogP) is 4.37. The summed E-state index contributed by atoms with van der Waals surface area (Å²) in [6, 6.07) is 8.20. The molecule has 10 heteroatoms. The Morgan fingerprint density at radius 1 is 1.00 bits per heavy atom. The Morgan fingerprint density at radius 2 is 1.74 bits per heavy atom. The van der Waals surface area contributed by atoms with Crippen LogP contribution in [0.25, 0.3) is 0 Å². The number of carbonyl (C=O) groups is 1. The Balaban J connectivity index is 1.37. The highest BCUT2D eigenvalue weighted by molar-refractivity contribution is 6.04. The first-order valence-corrected chi connectivity index (χ1v) is 12.7. The van der Waals surface area contributed by atoms with Crippen LogP contribution in [0.4, 0.5) is 24.5 Å². The van der Waals surface area contributed by atoms with E-state index in [4.69, 9.17) is 0 Å². The van der Waals surface area contributed by atoms with Gasteiger partial charge in [0.2, 0.25) is 0 Å². The second-order valence-corrected chi connectivity index (χ2v) is 10.1. The summed E-state index contributed by atoms with van der Waals surface area (Å²) >= 11 is 0. The zero-order valence-electron chi connectivity index (χ0n) is 21.6. The Bertz CT molecular complexity index is 1310. The molecule has 0 unspecified atom stereocenters. The standard InChI is InChI=1S/C28H31F3N6O/c1-19-22(16-36-9-7-35(2)8-10-36)12-24(13-26(19)28(29,30)31)34-27(38)21-4-3-20-5-6-37(17-23(20)11-21)25-14-32-18-33-15-25/h3-4,11-15,18H,5-10,16-17H2,1-2H3,(H,34,38). The van der Waals surface area contributed by atoms with Crippen molar-refractivity contribution in [1.29, 1.82) is 0 Å². The monoisotopic (exact) mass is 524 g/mol. The lowest BCUT2D eigenvalue weighted by atomic mass is 9.96. The number of alkyl halides is 3. The molecule has 38 heavy (non-hydrogen) atoms. The molecule has 0 bridgehead atoms. The van der Waals surface area contributed by atoms with Crippen molar-refractivity contribution in [2.75, 3.05) is 50.0 Å². The SMILES string of the molecule is Cc1c(CN2CCN(C)CC2)cc(NC(=O)c2ccc3c(c2)CN(c2cncnc2)CC3)cc1C(F)(F)F. The second kappa shape index (κ2) is 10.7. The van der Waals surface area contributed by atoms with Crippen LogP contribution in [0, 0.1) is 6.92 Å². The Morgan fingerprint density at radius 3 is 2.45 bits per heavy atom. The molecule has 0 atom stereocenters. The van der Waals surface area contributed by atoms with E-state index in [2.05, 4.69) is 30.0 Å².